The lowest BCUT2D eigenvalue weighted by Gasteiger charge is -2.36. The van der Waals surface area contributed by atoms with Gasteiger partial charge in [0.2, 0.25) is 10.0 Å². The minimum absolute atomic E-state index is 0.0233. The van der Waals surface area contributed by atoms with E-state index in [0.717, 1.165) is 37.8 Å². The van der Waals surface area contributed by atoms with Gasteiger partial charge in [-0.1, -0.05) is 13.8 Å². The molecule has 2 heterocycles. The molecular weight excluding hydrogens is 326 g/mol. The van der Waals surface area contributed by atoms with E-state index in [0.29, 0.717) is 11.8 Å². The van der Waals surface area contributed by atoms with Crippen molar-refractivity contribution in [1.29, 1.82) is 0 Å². The van der Waals surface area contributed by atoms with Crippen LogP contribution in [0.3, 0.4) is 0 Å². The highest BCUT2D eigenvalue weighted by atomic mass is 32.2. The van der Waals surface area contributed by atoms with Crippen LogP contribution in [0, 0.1) is 16.7 Å². The lowest BCUT2D eigenvalue weighted by molar-refractivity contribution is 0.0696. The number of aromatic amines is 1. The fraction of sp³-hybridized carbons (Fsp3) is 0.765. The van der Waals surface area contributed by atoms with Gasteiger partial charge in [-0.05, 0) is 49.5 Å². The summed E-state index contributed by atoms with van der Waals surface area (Å²) in [7, 11) is -3.57. The molecule has 5 rings (SSSR count). The van der Waals surface area contributed by atoms with Crippen molar-refractivity contribution in [2.45, 2.75) is 57.9 Å². The number of nitrogens with one attached hydrogen (secondary N) is 1. The fourth-order valence-corrected chi connectivity index (χ4v) is 8.24. The zero-order chi connectivity index (χ0) is 16.9. The SMILES string of the molecule is CC1(C)[C@@H]2CC[C@]13CS(=O)(=O)N(C(=O)c1cc(C4CC4)[nH]n1)[C@@H]3C2. The van der Waals surface area contributed by atoms with Gasteiger partial charge in [-0.15, -0.1) is 0 Å². The maximum Gasteiger partial charge on any atom is 0.288 e. The molecule has 2 bridgehead atoms. The van der Waals surface area contributed by atoms with E-state index in [1.165, 1.54) is 4.31 Å². The van der Waals surface area contributed by atoms with Crippen molar-refractivity contribution in [2.75, 3.05) is 5.75 Å². The Morgan fingerprint density at radius 2 is 2.08 bits per heavy atom. The summed E-state index contributed by atoms with van der Waals surface area (Å²) in [6.45, 7) is 4.38. The minimum atomic E-state index is -3.57. The molecule has 0 unspecified atom stereocenters. The summed E-state index contributed by atoms with van der Waals surface area (Å²) in [5.41, 5.74) is 0.905. The molecule has 7 heteroatoms. The van der Waals surface area contributed by atoms with E-state index in [2.05, 4.69) is 24.0 Å². The Balaban J connectivity index is 1.54. The molecule has 1 aliphatic heterocycles. The van der Waals surface area contributed by atoms with E-state index < -0.39 is 15.9 Å². The number of rotatable bonds is 2. The molecule has 6 nitrogen and oxygen atoms in total. The minimum Gasteiger partial charge on any atom is -0.281 e. The molecule has 4 aliphatic rings. The van der Waals surface area contributed by atoms with E-state index in [4.69, 9.17) is 0 Å². The molecule has 1 saturated heterocycles. The standard InChI is InChI=1S/C17H23N3O3S/c1-16(2)11-5-6-17(16)9-24(22,23)20(14(17)7-11)15(21)13-8-12(18-19-13)10-3-4-10/h8,10-11,14H,3-7,9H2,1-2H3,(H,18,19)/t11-,14-,17-/m1/s1. The van der Waals surface area contributed by atoms with Gasteiger partial charge in [0.1, 0.15) is 0 Å². The van der Waals surface area contributed by atoms with Crippen LogP contribution in [0.4, 0.5) is 0 Å². The number of amides is 1. The molecule has 1 N–H and O–H groups in total. The Labute approximate surface area is 142 Å². The molecular formula is C17H23N3O3S. The quantitative estimate of drug-likeness (QED) is 0.888. The predicted octanol–water partition coefficient (Wildman–Crippen LogP) is 2.27. The number of carbonyl (C=O) groups is 1. The number of H-pyrrole nitrogens is 1. The van der Waals surface area contributed by atoms with Crippen molar-refractivity contribution in [3.05, 3.63) is 17.5 Å². The second-order valence-corrected chi connectivity index (χ2v) is 10.6. The average molecular weight is 349 g/mol. The largest absolute Gasteiger partial charge is 0.288 e. The maximum atomic E-state index is 13.0. The van der Waals surface area contributed by atoms with Gasteiger partial charge >= 0.3 is 0 Å². The van der Waals surface area contributed by atoms with E-state index in [1.807, 2.05) is 0 Å². The Morgan fingerprint density at radius 1 is 1.33 bits per heavy atom. The lowest BCUT2D eigenvalue weighted by atomic mass is 9.69. The number of nitrogens with zero attached hydrogens (tertiary/aromatic N) is 2. The molecule has 24 heavy (non-hydrogen) atoms. The first-order chi connectivity index (χ1) is 11.3. The molecule has 3 atom stereocenters. The molecule has 1 amide bonds. The van der Waals surface area contributed by atoms with Crippen molar-refractivity contribution >= 4 is 15.9 Å². The van der Waals surface area contributed by atoms with Crippen molar-refractivity contribution in [3.8, 4) is 0 Å². The molecule has 3 saturated carbocycles. The third-order valence-corrected chi connectivity index (χ3v) is 9.34. The van der Waals surface area contributed by atoms with Crippen LogP contribution in [-0.4, -0.2) is 40.6 Å². The van der Waals surface area contributed by atoms with Gasteiger partial charge in [0.25, 0.3) is 5.91 Å². The maximum absolute atomic E-state index is 13.0. The molecule has 4 fully saturated rings. The van der Waals surface area contributed by atoms with Crippen molar-refractivity contribution < 1.29 is 13.2 Å². The molecule has 1 aromatic rings. The first-order valence-corrected chi connectivity index (χ1v) is 10.5. The fourth-order valence-electron chi connectivity index (χ4n) is 5.72. The predicted molar refractivity (Wildman–Crippen MR) is 87.9 cm³/mol. The van der Waals surface area contributed by atoms with E-state index in [1.54, 1.807) is 6.07 Å². The van der Waals surface area contributed by atoms with Crippen LogP contribution in [-0.2, 0) is 10.0 Å². The Kier molecular flexibility index (Phi) is 2.63. The van der Waals surface area contributed by atoms with Gasteiger partial charge in [0, 0.05) is 17.0 Å². The topological polar surface area (TPSA) is 83.1 Å². The molecule has 0 aromatic carbocycles. The second-order valence-electron chi connectivity index (χ2n) is 8.70. The van der Waals surface area contributed by atoms with Crippen LogP contribution in [0.1, 0.15) is 68.1 Å². The van der Waals surface area contributed by atoms with Crippen molar-refractivity contribution in [2.24, 2.45) is 16.7 Å². The molecule has 3 aliphatic carbocycles. The van der Waals surface area contributed by atoms with Gasteiger partial charge in [0.05, 0.1) is 11.8 Å². The normalized spacial score (nSPS) is 38.5. The Bertz CT molecular complexity index is 839. The van der Waals surface area contributed by atoms with E-state index >= 15 is 0 Å². The highest BCUT2D eigenvalue weighted by molar-refractivity contribution is 7.90. The van der Waals surface area contributed by atoms with Crippen LogP contribution in [0.5, 0.6) is 0 Å². The molecule has 1 spiro atoms. The van der Waals surface area contributed by atoms with E-state index in [9.17, 15) is 13.2 Å². The van der Waals surface area contributed by atoms with Crippen LogP contribution in [0.2, 0.25) is 0 Å². The summed E-state index contributed by atoms with van der Waals surface area (Å²) in [5.74, 6) is 0.639. The summed E-state index contributed by atoms with van der Waals surface area (Å²) in [4.78, 5) is 13.0. The van der Waals surface area contributed by atoms with Gasteiger partial charge in [0.15, 0.2) is 5.69 Å². The molecule has 1 aromatic heterocycles. The third-order valence-electron chi connectivity index (χ3n) is 7.45. The number of fused-ring (bicyclic) bond motifs is 1. The molecule has 130 valence electrons. The number of carbonyl (C=O) groups excluding carboxylic acids is 1. The van der Waals surface area contributed by atoms with Crippen LogP contribution in [0.25, 0.3) is 0 Å². The number of hydrogen-bond acceptors (Lipinski definition) is 4. The Hall–Kier alpha value is -1.37. The first kappa shape index (κ1) is 14.9. The first-order valence-electron chi connectivity index (χ1n) is 8.88. The second kappa shape index (κ2) is 4.23. The monoisotopic (exact) mass is 349 g/mol. The van der Waals surface area contributed by atoms with Crippen molar-refractivity contribution in [1.82, 2.24) is 14.5 Å². The van der Waals surface area contributed by atoms with Crippen molar-refractivity contribution in [3.63, 3.8) is 0 Å². The van der Waals surface area contributed by atoms with Gasteiger partial charge in [-0.2, -0.15) is 5.10 Å². The number of sulfonamides is 1. The highest BCUT2D eigenvalue weighted by Gasteiger charge is 2.72. The van der Waals surface area contributed by atoms with Crippen LogP contribution >= 0.6 is 0 Å². The third kappa shape index (κ3) is 1.64. The average Bonchev–Trinajstić information content (AvgIpc) is 3.04. The summed E-state index contributed by atoms with van der Waals surface area (Å²) in [6.07, 6.45) is 5.01. The van der Waals surface area contributed by atoms with E-state index in [-0.39, 0.29) is 28.3 Å². The van der Waals surface area contributed by atoms with Gasteiger partial charge < -0.3 is 0 Å². The zero-order valence-corrected chi connectivity index (χ0v) is 14.9. The summed E-state index contributed by atoms with van der Waals surface area (Å²) in [6, 6.07) is 1.56. The lowest BCUT2D eigenvalue weighted by Crippen LogP contribution is -2.44. The summed E-state index contributed by atoms with van der Waals surface area (Å²) < 4.78 is 27.0. The zero-order valence-electron chi connectivity index (χ0n) is 14.1. The van der Waals surface area contributed by atoms with Crippen LogP contribution in [0.15, 0.2) is 6.07 Å². The highest BCUT2D eigenvalue weighted by Crippen LogP contribution is 2.70. The van der Waals surface area contributed by atoms with Gasteiger partial charge in [-0.25, -0.2) is 12.7 Å². The Morgan fingerprint density at radius 3 is 2.75 bits per heavy atom. The smallest absolute Gasteiger partial charge is 0.281 e. The summed E-state index contributed by atoms with van der Waals surface area (Å²) >= 11 is 0. The van der Waals surface area contributed by atoms with Crippen LogP contribution < -0.4 is 0 Å². The summed E-state index contributed by atoms with van der Waals surface area (Å²) in [5, 5.41) is 7.03. The number of aromatic nitrogens is 2. The molecule has 0 radical (unpaired) electrons. The number of hydrogen-bond donors (Lipinski definition) is 1. The van der Waals surface area contributed by atoms with Gasteiger partial charge in [-0.3, -0.25) is 9.89 Å².